The first kappa shape index (κ1) is 10.7. The molecule has 1 aliphatic carbocycles. The largest absolute Gasteiger partial charge is 0.465 e. The highest BCUT2D eigenvalue weighted by molar-refractivity contribution is 6.24. The number of carbonyl (C=O) groups excluding carboxylic acids is 1. The van der Waals surface area contributed by atoms with E-state index in [-0.39, 0.29) is 11.6 Å². The van der Waals surface area contributed by atoms with E-state index in [4.69, 9.17) is 16.3 Å². The highest BCUT2D eigenvalue weighted by Crippen LogP contribution is 2.43. The number of hydrogen-bond acceptors (Lipinski definition) is 4. The molecule has 1 unspecified atom stereocenters. The number of alkyl halides is 1. The number of fused-ring (bicyclic) bond motifs is 1. The van der Waals surface area contributed by atoms with Crippen molar-refractivity contribution in [3.8, 4) is 0 Å². The Bertz CT molecular complexity index is 474. The molecule has 0 aromatic heterocycles. The Morgan fingerprint density at radius 1 is 1.53 bits per heavy atom. The molecule has 1 aromatic carbocycles. The predicted molar refractivity (Wildman–Crippen MR) is 66.5 cm³/mol. The quantitative estimate of drug-likeness (QED) is 0.499. The molecule has 1 atom stereocenters. The van der Waals surface area contributed by atoms with Gasteiger partial charge in [0.15, 0.2) is 5.62 Å². The maximum Gasteiger partial charge on any atom is 0.337 e. The van der Waals surface area contributed by atoms with Crippen molar-refractivity contribution in [2.24, 2.45) is 0 Å². The lowest BCUT2D eigenvalue weighted by atomic mass is 10.1. The molecule has 0 radical (unpaired) electrons. The average Bonchev–Trinajstić information content (AvgIpc) is 3.10. The maximum atomic E-state index is 11.4. The molecule has 0 saturated heterocycles. The summed E-state index contributed by atoms with van der Waals surface area (Å²) in [5, 5.41) is 3.17. The van der Waals surface area contributed by atoms with E-state index >= 15 is 0 Å². The van der Waals surface area contributed by atoms with Crippen molar-refractivity contribution in [1.82, 2.24) is 0 Å². The molecule has 5 heteroatoms. The lowest BCUT2D eigenvalue weighted by Gasteiger charge is -2.21. The number of benzene rings is 1. The number of carbonyl (C=O) groups is 1. The molecule has 0 bridgehead atoms. The van der Waals surface area contributed by atoms with Gasteiger partial charge in [-0.3, -0.25) is 0 Å². The van der Waals surface area contributed by atoms with Crippen molar-refractivity contribution in [3.05, 3.63) is 23.8 Å². The second-order valence-electron chi connectivity index (χ2n) is 4.34. The summed E-state index contributed by atoms with van der Waals surface area (Å²) in [4.78, 5) is 13.6. The first-order valence-electron chi connectivity index (χ1n) is 5.62. The van der Waals surface area contributed by atoms with E-state index in [9.17, 15) is 4.79 Å². The fourth-order valence-corrected chi connectivity index (χ4v) is 2.56. The standard InChI is InChI=1S/C12H13ClN2O2/c1-17-11(16)7-2-5-10-9(6-7)14-12(13)15(10)8-3-4-8/h2,5-6,8,12,14H,3-4H2,1H3. The van der Waals surface area contributed by atoms with Crippen LogP contribution in [0.2, 0.25) is 0 Å². The van der Waals surface area contributed by atoms with Gasteiger partial charge >= 0.3 is 5.97 Å². The van der Waals surface area contributed by atoms with E-state index in [1.165, 1.54) is 20.0 Å². The molecule has 4 nitrogen and oxygen atoms in total. The molecule has 1 saturated carbocycles. The molecule has 1 heterocycles. The van der Waals surface area contributed by atoms with Gasteiger partial charge in [0.1, 0.15) is 0 Å². The molecule has 1 aromatic rings. The van der Waals surface area contributed by atoms with Crippen LogP contribution in [-0.2, 0) is 4.74 Å². The summed E-state index contributed by atoms with van der Waals surface area (Å²) in [6.45, 7) is 0. The molecule has 1 fully saturated rings. The van der Waals surface area contributed by atoms with E-state index in [2.05, 4.69) is 10.2 Å². The van der Waals surface area contributed by atoms with Crippen LogP contribution in [0.1, 0.15) is 23.2 Å². The van der Waals surface area contributed by atoms with Gasteiger partial charge in [-0.15, -0.1) is 0 Å². The van der Waals surface area contributed by atoms with Crippen LogP contribution >= 0.6 is 11.6 Å². The van der Waals surface area contributed by atoms with Crippen LogP contribution in [0.5, 0.6) is 0 Å². The molecule has 1 N–H and O–H groups in total. The van der Waals surface area contributed by atoms with Gasteiger partial charge in [0, 0.05) is 6.04 Å². The number of esters is 1. The van der Waals surface area contributed by atoms with Gasteiger partial charge in [-0.1, -0.05) is 11.6 Å². The summed E-state index contributed by atoms with van der Waals surface area (Å²) in [6.07, 6.45) is 2.37. The first-order valence-corrected chi connectivity index (χ1v) is 6.05. The molecule has 17 heavy (non-hydrogen) atoms. The Balaban J connectivity index is 1.95. The highest BCUT2D eigenvalue weighted by atomic mass is 35.5. The molecular weight excluding hydrogens is 240 g/mol. The fraction of sp³-hybridized carbons (Fsp3) is 0.417. The van der Waals surface area contributed by atoms with Gasteiger partial charge in [-0.05, 0) is 31.0 Å². The summed E-state index contributed by atoms with van der Waals surface area (Å²) in [5.74, 6) is -0.328. The number of methoxy groups -OCH3 is 1. The molecule has 1 aliphatic heterocycles. The zero-order chi connectivity index (χ0) is 12.0. The Hall–Kier alpha value is -1.42. The summed E-state index contributed by atoms with van der Waals surface area (Å²) >= 11 is 6.24. The maximum absolute atomic E-state index is 11.4. The number of ether oxygens (including phenoxy) is 1. The van der Waals surface area contributed by atoms with Crippen LogP contribution < -0.4 is 10.2 Å². The van der Waals surface area contributed by atoms with E-state index in [1.54, 1.807) is 12.1 Å². The normalized spacial score (nSPS) is 22.0. The molecular formula is C12H13ClN2O2. The minimum absolute atomic E-state index is 0.217. The second kappa shape index (κ2) is 3.81. The van der Waals surface area contributed by atoms with Crippen LogP contribution in [0.15, 0.2) is 18.2 Å². The third-order valence-corrected chi connectivity index (χ3v) is 3.47. The molecule has 2 aliphatic rings. The zero-order valence-corrected chi connectivity index (χ0v) is 10.2. The van der Waals surface area contributed by atoms with Gasteiger partial charge in [0.2, 0.25) is 0 Å². The molecule has 0 spiro atoms. The van der Waals surface area contributed by atoms with Crippen molar-refractivity contribution in [2.45, 2.75) is 24.5 Å². The average molecular weight is 253 g/mol. The van der Waals surface area contributed by atoms with Gasteiger partial charge in [0.25, 0.3) is 0 Å². The topological polar surface area (TPSA) is 41.6 Å². The number of halogens is 1. The zero-order valence-electron chi connectivity index (χ0n) is 9.44. The van der Waals surface area contributed by atoms with E-state index < -0.39 is 0 Å². The second-order valence-corrected chi connectivity index (χ2v) is 4.76. The summed E-state index contributed by atoms with van der Waals surface area (Å²) in [6, 6.07) is 6.03. The van der Waals surface area contributed by atoms with Crippen molar-refractivity contribution >= 4 is 28.9 Å². The lowest BCUT2D eigenvalue weighted by Crippen LogP contribution is -2.32. The number of rotatable bonds is 2. The number of hydrogen-bond donors (Lipinski definition) is 1. The Labute approximate surface area is 104 Å². The molecule has 3 rings (SSSR count). The van der Waals surface area contributed by atoms with Crippen LogP contribution in [0.25, 0.3) is 0 Å². The van der Waals surface area contributed by atoms with E-state index in [0.717, 1.165) is 11.4 Å². The van der Waals surface area contributed by atoms with Gasteiger partial charge < -0.3 is 15.0 Å². The summed E-state index contributed by atoms with van der Waals surface area (Å²) in [5.41, 5.74) is 2.30. The summed E-state index contributed by atoms with van der Waals surface area (Å²) < 4.78 is 4.70. The molecule has 90 valence electrons. The first-order chi connectivity index (χ1) is 8.20. The predicted octanol–water partition coefficient (Wildman–Crippen LogP) is 2.39. The van der Waals surface area contributed by atoms with Crippen molar-refractivity contribution in [2.75, 3.05) is 17.3 Å². The number of anilines is 2. The van der Waals surface area contributed by atoms with E-state index in [1.807, 2.05) is 6.07 Å². The minimum atomic E-state index is -0.328. The smallest absolute Gasteiger partial charge is 0.337 e. The number of nitrogens with one attached hydrogen (secondary N) is 1. The Morgan fingerprint density at radius 2 is 2.29 bits per heavy atom. The summed E-state index contributed by atoms with van der Waals surface area (Å²) in [7, 11) is 1.38. The fourth-order valence-electron chi connectivity index (χ4n) is 2.18. The lowest BCUT2D eigenvalue weighted by molar-refractivity contribution is 0.0601. The van der Waals surface area contributed by atoms with Crippen LogP contribution in [0.3, 0.4) is 0 Å². The van der Waals surface area contributed by atoms with Gasteiger partial charge in [0.05, 0.1) is 24.0 Å². The van der Waals surface area contributed by atoms with E-state index in [0.29, 0.717) is 11.6 Å². The Morgan fingerprint density at radius 3 is 2.94 bits per heavy atom. The van der Waals surface area contributed by atoms with Crippen molar-refractivity contribution < 1.29 is 9.53 Å². The highest BCUT2D eigenvalue weighted by Gasteiger charge is 2.38. The van der Waals surface area contributed by atoms with Gasteiger partial charge in [-0.25, -0.2) is 4.79 Å². The van der Waals surface area contributed by atoms with Gasteiger partial charge in [-0.2, -0.15) is 0 Å². The third kappa shape index (κ3) is 1.72. The Kier molecular flexibility index (Phi) is 2.40. The minimum Gasteiger partial charge on any atom is -0.465 e. The SMILES string of the molecule is COC(=O)c1ccc2c(c1)NC(Cl)N2C1CC1. The van der Waals surface area contributed by atoms with Crippen LogP contribution in [-0.4, -0.2) is 24.7 Å². The number of nitrogens with zero attached hydrogens (tertiary/aromatic N) is 1. The van der Waals surface area contributed by atoms with Crippen LogP contribution in [0, 0.1) is 0 Å². The monoisotopic (exact) mass is 252 g/mol. The third-order valence-electron chi connectivity index (χ3n) is 3.15. The van der Waals surface area contributed by atoms with Crippen molar-refractivity contribution in [3.63, 3.8) is 0 Å². The van der Waals surface area contributed by atoms with Crippen molar-refractivity contribution in [1.29, 1.82) is 0 Å². The molecule has 0 amide bonds. The van der Waals surface area contributed by atoms with Crippen LogP contribution in [0.4, 0.5) is 11.4 Å².